The topological polar surface area (TPSA) is 89.6 Å². The van der Waals surface area contributed by atoms with Crippen molar-refractivity contribution in [2.45, 2.75) is 18.9 Å². The number of anilines is 1. The summed E-state index contributed by atoms with van der Waals surface area (Å²) in [6.07, 6.45) is 3.30. The zero-order chi connectivity index (χ0) is 16.9. The number of carbonyl (C=O) groups is 1. The highest BCUT2D eigenvalue weighted by molar-refractivity contribution is 9.10. The molecule has 0 fully saturated rings. The van der Waals surface area contributed by atoms with Gasteiger partial charge in [-0.1, -0.05) is 12.1 Å². The fraction of sp³-hybridized carbons (Fsp3) is 0.235. The Morgan fingerprint density at radius 1 is 1.29 bits per heavy atom. The van der Waals surface area contributed by atoms with Crippen LogP contribution in [0.4, 0.5) is 5.69 Å². The molecule has 0 spiro atoms. The van der Waals surface area contributed by atoms with Gasteiger partial charge in [0.25, 0.3) is 11.9 Å². The smallest absolute Gasteiger partial charge is 0.282 e. The first-order valence-electron chi connectivity index (χ1n) is 7.58. The number of halogens is 1. The number of aliphatic imine (C=N–C) groups is 1. The van der Waals surface area contributed by atoms with E-state index >= 15 is 0 Å². The molecule has 0 aliphatic carbocycles. The molecule has 124 valence electrons. The Balaban J connectivity index is 1.54. The van der Waals surface area contributed by atoms with Gasteiger partial charge < -0.3 is 15.8 Å². The summed E-state index contributed by atoms with van der Waals surface area (Å²) in [5.74, 6) is -0.185. The van der Waals surface area contributed by atoms with E-state index in [1.54, 1.807) is 12.1 Å². The van der Waals surface area contributed by atoms with Gasteiger partial charge in [-0.3, -0.25) is 4.79 Å². The minimum Gasteiger partial charge on any atom is -0.463 e. The van der Waals surface area contributed by atoms with Crippen LogP contribution >= 0.6 is 15.9 Å². The van der Waals surface area contributed by atoms with Crippen LogP contribution in [-0.2, 0) is 11.2 Å². The molecule has 2 heterocycles. The lowest BCUT2D eigenvalue weighted by Crippen LogP contribution is -2.12. The quantitative estimate of drug-likeness (QED) is 0.770. The van der Waals surface area contributed by atoms with Crippen molar-refractivity contribution in [1.82, 2.24) is 4.98 Å². The number of rotatable bonds is 5. The zero-order valence-corrected chi connectivity index (χ0v) is 14.5. The molecule has 3 rings (SSSR count). The number of benzene rings is 1. The molecule has 1 aromatic carbocycles. The van der Waals surface area contributed by atoms with E-state index in [2.05, 4.69) is 31.2 Å². The summed E-state index contributed by atoms with van der Waals surface area (Å²) < 4.78 is 5.83. The fourth-order valence-electron chi connectivity index (χ4n) is 2.39. The van der Waals surface area contributed by atoms with Crippen LogP contribution < -0.4 is 11.1 Å². The van der Waals surface area contributed by atoms with Crippen LogP contribution in [0.2, 0.25) is 0 Å². The normalized spacial score (nSPS) is 16.4. The number of amides is 1. The molecule has 6 nitrogen and oxygen atoms in total. The van der Waals surface area contributed by atoms with Gasteiger partial charge in [0, 0.05) is 11.9 Å². The predicted octanol–water partition coefficient (Wildman–Crippen LogP) is 2.74. The van der Waals surface area contributed by atoms with Gasteiger partial charge in [0.2, 0.25) is 0 Å². The zero-order valence-electron chi connectivity index (χ0n) is 12.9. The van der Waals surface area contributed by atoms with Crippen LogP contribution in [0.1, 0.15) is 22.3 Å². The predicted molar refractivity (Wildman–Crippen MR) is 96.0 cm³/mol. The number of nitrogens with two attached hydrogens (primary N) is 1. The van der Waals surface area contributed by atoms with Crippen molar-refractivity contribution in [3.05, 3.63) is 58.3 Å². The van der Waals surface area contributed by atoms with Gasteiger partial charge in [-0.15, -0.1) is 0 Å². The largest absolute Gasteiger partial charge is 0.463 e. The Hall–Kier alpha value is -2.41. The number of pyridine rings is 1. The number of carbonyl (C=O) groups excluding carboxylic acids is 1. The first-order chi connectivity index (χ1) is 11.6. The van der Waals surface area contributed by atoms with Crippen LogP contribution in [0.3, 0.4) is 0 Å². The van der Waals surface area contributed by atoms with Crippen LogP contribution in [0, 0.1) is 0 Å². The van der Waals surface area contributed by atoms with Crippen molar-refractivity contribution in [2.24, 2.45) is 10.7 Å². The van der Waals surface area contributed by atoms with Gasteiger partial charge in [0.1, 0.15) is 11.2 Å². The molecule has 0 saturated carbocycles. The van der Waals surface area contributed by atoms with Crippen molar-refractivity contribution in [3.63, 3.8) is 0 Å². The molecule has 1 atom stereocenters. The average Bonchev–Trinajstić information content (AvgIpc) is 3.00. The number of amidine groups is 1. The summed E-state index contributed by atoms with van der Waals surface area (Å²) in [5.41, 5.74) is 7.94. The van der Waals surface area contributed by atoms with E-state index in [1.165, 1.54) is 11.8 Å². The molecular weight excluding hydrogens is 372 g/mol. The van der Waals surface area contributed by atoms with Crippen LogP contribution in [0.15, 0.2) is 52.2 Å². The standard InChI is InChI=1S/C17H17BrN4O2/c18-15-8-4-12(9-20-15)16(23)21-13-5-1-11(2-6-13)3-7-14-10-24-17(19)22-14/h1-2,4-6,8-9,14H,3,7,10H2,(H2,19,22)(H,21,23). The molecule has 1 aliphatic heterocycles. The van der Waals surface area contributed by atoms with Gasteiger partial charge in [0.05, 0.1) is 11.6 Å². The maximum absolute atomic E-state index is 12.1. The molecule has 1 aliphatic rings. The maximum Gasteiger partial charge on any atom is 0.282 e. The summed E-state index contributed by atoms with van der Waals surface area (Å²) in [4.78, 5) is 20.4. The second kappa shape index (κ2) is 7.44. The number of ether oxygens (including phenoxy) is 1. The van der Waals surface area contributed by atoms with Gasteiger partial charge in [-0.25, -0.2) is 9.98 Å². The number of nitrogens with zero attached hydrogens (tertiary/aromatic N) is 2. The minimum atomic E-state index is -0.185. The molecule has 0 radical (unpaired) electrons. The van der Waals surface area contributed by atoms with Crippen molar-refractivity contribution < 1.29 is 9.53 Å². The Bertz CT molecular complexity index is 744. The van der Waals surface area contributed by atoms with Gasteiger partial charge in [-0.2, -0.15) is 0 Å². The lowest BCUT2D eigenvalue weighted by atomic mass is 10.1. The summed E-state index contributed by atoms with van der Waals surface area (Å²) in [6, 6.07) is 11.6. The van der Waals surface area contributed by atoms with E-state index in [1.807, 2.05) is 24.3 Å². The Morgan fingerprint density at radius 3 is 2.71 bits per heavy atom. The van der Waals surface area contributed by atoms with Gasteiger partial charge in [0.15, 0.2) is 0 Å². The molecule has 0 bridgehead atoms. The highest BCUT2D eigenvalue weighted by Crippen LogP contribution is 2.15. The summed E-state index contributed by atoms with van der Waals surface area (Å²) in [6.45, 7) is 0.557. The van der Waals surface area contributed by atoms with E-state index in [4.69, 9.17) is 10.5 Å². The highest BCUT2D eigenvalue weighted by atomic mass is 79.9. The first kappa shape index (κ1) is 16.4. The Labute approximate surface area is 148 Å². The van der Waals surface area contributed by atoms with Crippen LogP contribution in [0.25, 0.3) is 0 Å². The second-order valence-electron chi connectivity index (χ2n) is 5.49. The molecule has 0 saturated heterocycles. The van der Waals surface area contributed by atoms with E-state index in [0.717, 1.165) is 18.5 Å². The number of nitrogens with one attached hydrogen (secondary N) is 1. The Kier molecular flexibility index (Phi) is 5.10. The maximum atomic E-state index is 12.1. The SMILES string of the molecule is NC1=NC(CCc2ccc(NC(=O)c3ccc(Br)nc3)cc2)CO1. The molecule has 1 unspecified atom stereocenters. The molecule has 7 heteroatoms. The fourth-order valence-corrected chi connectivity index (χ4v) is 2.62. The highest BCUT2D eigenvalue weighted by Gasteiger charge is 2.16. The summed E-state index contributed by atoms with van der Waals surface area (Å²) in [5, 5.41) is 2.86. The molecule has 1 amide bonds. The monoisotopic (exact) mass is 388 g/mol. The number of aryl methyl sites for hydroxylation is 1. The van der Waals surface area contributed by atoms with E-state index in [0.29, 0.717) is 16.8 Å². The third kappa shape index (κ3) is 4.32. The third-order valence-corrected chi connectivity index (χ3v) is 4.17. The number of aromatic nitrogens is 1. The third-order valence-electron chi connectivity index (χ3n) is 3.70. The van der Waals surface area contributed by atoms with Gasteiger partial charge in [-0.05, 0) is 58.6 Å². The summed E-state index contributed by atoms with van der Waals surface area (Å²) >= 11 is 3.25. The first-order valence-corrected chi connectivity index (χ1v) is 8.37. The van der Waals surface area contributed by atoms with E-state index in [-0.39, 0.29) is 18.0 Å². The van der Waals surface area contributed by atoms with Crippen molar-refractivity contribution in [2.75, 3.05) is 11.9 Å². The molecule has 2 aromatic rings. The number of hydrogen-bond acceptors (Lipinski definition) is 5. The molecule has 3 N–H and O–H groups in total. The second-order valence-corrected chi connectivity index (χ2v) is 6.30. The van der Waals surface area contributed by atoms with Crippen molar-refractivity contribution in [3.8, 4) is 0 Å². The minimum absolute atomic E-state index is 0.134. The van der Waals surface area contributed by atoms with Crippen molar-refractivity contribution >= 4 is 33.5 Å². The molecule has 1 aromatic heterocycles. The van der Waals surface area contributed by atoms with Gasteiger partial charge >= 0.3 is 0 Å². The van der Waals surface area contributed by atoms with Crippen LogP contribution in [-0.4, -0.2) is 29.6 Å². The van der Waals surface area contributed by atoms with E-state index in [9.17, 15) is 4.79 Å². The number of hydrogen-bond donors (Lipinski definition) is 2. The van der Waals surface area contributed by atoms with Crippen molar-refractivity contribution in [1.29, 1.82) is 0 Å². The van der Waals surface area contributed by atoms with Crippen LogP contribution in [0.5, 0.6) is 0 Å². The molecule has 24 heavy (non-hydrogen) atoms. The average molecular weight is 389 g/mol. The Morgan fingerprint density at radius 2 is 2.08 bits per heavy atom. The van der Waals surface area contributed by atoms with E-state index < -0.39 is 0 Å². The lowest BCUT2D eigenvalue weighted by Gasteiger charge is -2.08. The lowest BCUT2D eigenvalue weighted by molar-refractivity contribution is 0.102. The molecular formula is C17H17BrN4O2. The summed E-state index contributed by atoms with van der Waals surface area (Å²) in [7, 11) is 0.